The van der Waals surface area contributed by atoms with E-state index in [4.69, 9.17) is 14.2 Å². The molecule has 0 saturated heterocycles. The molecule has 0 unspecified atom stereocenters. The first kappa shape index (κ1) is 21.7. The summed E-state index contributed by atoms with van der Waals surface area (Å²) < 4.78 is 19.3. The topological polar surface area (TPSA) is 79.1 Å². The molecule has 0 bridgehead atoms. The highest BCUT2D eigenvalue weighted by Gasteiger charge is 2.34. The molecule has 7 nitrogen and oxygen atoms in total. The summed E-state index contributed by atoms with van der Waals surface area (Å²) in [5.41, 5.74) is 2.24. The molecule has 0 N–H and O–H groups in total. The third-order valence-electron chi connectivity index (χ3n) is 5.40. The van der Waals surface area contributed by atoms with Crippen LogP contribution in [0.4, 0.5) is 0 Å². The lowest BCUT2D eigenvalue weighted by atomic mass is 9.95. The largest absolute Gasteiger partial charge is 0.463 e. The molecule has 3 heterocycles. The third-order valence-corrected chi connectivity index (χ3v) is 6.91. The lowest BCUT2D eigenvalue weighted by molar-refractivity contribution is -0.139. The highest BCUT2D eigenvalue weighted by Crippen LogP contribution is 2.38. The van der Waals surface area contributed by atoms with Gasteiger partial charge in [-0.05, 0) is 55.3 Å². The predicted molar refractivity (Wildman–Crippen MR) is 127 cm³/mol. The number of allylic oxidation sites excluding steroid dienone is 1. The molecule has 0 fully saturated rings. The number of rotatable bonds is 4. The fraction of sp³-hybridized carbons (Fsp3) is 0.208. The van der Waals surface area contributed by atoms with E-state index in [1.807, 2.05) is 36.4 Å². The van der Waals surface area contributed by atoms with E-state index < -0.39 is 12.0 Å². The molecule has 0 radical (unpaired) electrons. The Hall–Kier alpha value is -3.17. The van der Waals surface area contributed by atoms with Crippen LogP contribution in [0.2, 0.25) is 0 Å². The van der Waals surface area contributed by atoms with E-state index in [0.717, 1.165) is 10.0 Å². The fourth-order valence-corrected chi connectivity index (χ4v) is 5.21. The van der Waals surface area contributed by atoms with Crippen LogP contribution in [0.25, 0.3) is 6.08 Å². The highest BCUT2D eigenvalue weighted by molar-refractivity contribution is 9.10. The molecule has 5 rings (SSSR count). The van der Waals surface area contributed by atoms with E-state index in [9.17, 15) is 9.59 Å². The SMILES string of the molecule is CCOC(=O)C1=C(C)N=c2s/c(=C/c3ccc(Br)cc3)c(=O)n2[C@@H]1c1ccc2c(c1)OCO2. The number of carbonyl (C=O) groups excluding carboxylic acids is 1. The van der Waals surface area contributed by atoms with E-state index in [0.29, 0.717) is 37.7 Å². The average Bonchev–Trinajstić information content (AvgIpc) is 3.38. The lowest BCUT2D eigenvalue weighted by Crippen LogP contribution is -2.39. The second-order valence-electron chi connectivity index (χ2n) is 7.47. The molecule has 2 aromatic carbocycles. The number of hydrogen-bond donors (Lipinski definition) is 0. The van der Waals surface area contributed by atoms with Gasteiger partial charge in [0.25, 0.3) is 5.56 Å². The summed E-state index contributed by atoms with van der Waals surface area (Å²) in [7, 11) is 0. The number of thiazole rings is 1. The van der Waals surface area contributed by atoms with Crippen LogP contribution in [0.5, 0.6) is 11.5 Å². The Balaban J connectivity index is 1.72. The number of benzene rings is 2. The second kappa shape index (κ2) is 8.64. The maximum atomic E-state index is 13.6. The van der Waals surface area contributed by atoms with Gasteiger partial charge in [-0.25, -0.2) is 9.79 Å². The van der Waals surface area contributed by atoms with Gasteiger partial charge in [0.1, 0.15) is 0 Å². The number of nitrogens with zero attached hydrogens (tertiary/aromatic N) is 2. The lowest BCUT2D eigenvalue weighted by Gasteiger charge is -2.24. The van der Waals surface area contributed by atoms with E-state index >= 15 is 0 Å². The van der Waals surface area contributed by atoms with E-state index in [-0.39, 0.29) is 19.0 Å². The van der Waals surface area contributed by atoms with Crippen molar-refractivity contribution in [1.29, 1.82) is 0 Å². The first-order valence-electron chi connectivity index (χ1n) is 10.3. The van der Waals surface area contributed by atoms with E-state index in [2.05, 4.69) is 20.9 Å². The Labute approximate surface area is 201 Å². The predicted octanol–water partition coefficient (Wildman–Crippen LogP) is 3.29. The monoisotopic (exact) mass is 526 g/mol. The van der Waals surface area contributed by atoms with E-state index in [1.165, 1.54) is 11.3 Å². The number of ether oxygens (including phenoxy) is 3. The van der Waals surface area contributed by atoms with Crippen LogP contribution in [-0.2, 0) is 9.53 Å². The van der Waals surface area contributed by atoms with Crippen molar-refractivity contribution in [1.82, 2.24) is 4.57 Å². The molecule has 168 valence electrons. The van der Waals surface area contributed by atoms with Crippen molar-refractivity contribution < 1.29 is 19.0 Å². The van der Waals surface area contributed by atoms with Crippen molar-refractivity contribution in [2.45, 2.75) is 19.9 Å². The number of hydrogen-bond acceptors (Lipinski definition) is 7. The maximum Gasteiger partial charge on any atom is 0.338 e. The van der Waals surface area contributed by atoms with Crippen LogP contribution in [-0.4, -0.2) is 23.9 Å². The summed E-state index contributed by atoms with van der Waals surface area (Å²) in [4.78, 5) is 31.7. The third kappa shape index (κ3) is 3.91. The molecule has 2 aliphatic rings. The van der Waals surface area contributed by atoms with Gasteiger partial charge >= 0.3 is 5.97 Å². The standard InChI is InChI=1S/C24H19BrN2O5S/c1-3-30-23(29)20-13(2)26-24-27(21(20)15-6-9-17-18(11-15)32-12-31-17)22(28)19(33-24)10-14-4-7-16(25)8-5-14/h4-11,21H,3,12H2,1-2H3/b19-10+/t21-/m1/s1. The Morgan fingerprint density at radius 1 is 1.24 bits per heavy atom. The summed E-state index contributed by atoms with van der Waals surface area (Å²) in [5, 5.41) is 0. The zero-order valence-electron chi connectivity index (χ0n) is 17.8. The van der Waals surface area contributed by atoms with E-state index in [1.54, 1.807) is 30.5 Å². The maximum absolute atomic E-state index is 13.6. The van der Waals surface area contributed by atoms with Crippen LogP contribution in [0.1, 0.15) is 31.0 Å². The van der Waals surface area contributed by atoms with Gasteiger partial charge in [-0.15, -0.1) is 0 Å². The van der Waals surface area contributed by atoms with Gasteiger partial charge in [0, 0.05) is 4.47 Å². The number of aromatic nitrogens is 1. The van der Waals surface area contributed by atoms with Crippen LogP contribution < -0.4 is 24.4 Å². The first-order chi connectivity index (χ1) is 16.0. The molecule has 0 spiro atoms. The van der Waals surface area contributed by atoms with Crippen molar-refractivity contribution in [3.8, 4) is 11.5 Å². The Bertz CT molecular complexity index is 1470. The molecule has 9 heteroatoms. The Kier molecular flexibility index (Phi) is 5.67. The Morgan fingerprint density at radius 3 is 2.76 bits per heavy atom. The summed E-state index contributed by atoms with van der Waals surface area (Å²) in [6.07, 6.45) is 1.83. The molecule has 3 aromatic rings. The normalized spacial score (nSPS) is 17.1. The fourth-order valence-electron chi connectivity index (χ4n) is 3.90. The summed E-state index contributed by atoms with van der Waals surface area (Å²) in [5.74, 6) is 0.700. The highest BCUT2D eigenvalue weighted by atomic mass is 79.9. The Morgan fingerprint density at radius 2 is 2.00 bits per heavy atom. The van der Waals surface area contributed by atoms with Gasteiger partial charge in [0.2, 0.25) is 6.79 Å². The molecule has 1 aromatic heterocycles. The number of fused-ring (bicyclic) bond motifs is 2. The molecular formula is C24H19BrN2O5S. The summed E-state index contributed by atoms with van der Waals surface area (Å²) >= 11 is 4.72. The van der Waals surface area contributed by atoms with Gasteiger partial charge in [-0.2, -0.15) is 0 Å². The number of halogens is 1. The minimum atomic E-state index is -0.693. The first-order valence-corrected chi connectivity index (χ1v) is 11.9. The molecule has 2 aliphatic heterocycles. The molecule has 0 saturated carbocycles. The van der Waals surface area contributed by atoms with Crippen LogP contribution in [0.15, 0.2) is 68.0 Å². The summed E-state index contributed by atoms with van der Waals surface area (Å²) in [6.45, 7) is 3.86. The van der Waals surface area contributed by atoms with Crippen molar-refractivity contribution >= 4 is 39.3 Å². The number of esters is 1. The van der Waals surface area contributed by atoms with Crippen molar-refractivity contribution in [3.63, 3.8) is 0 Å². The molecule has 33 heavy (non-hydrogen) atoms. The summed E-state index contributed by atoms with van der Waals surface area (Å²) in [6, 6.07) is 12.4. The number of carbonyl (C=O) groups is 1. The minimum Gasteiger partial charge on any atom is -0.463 e. The van der Waals surface area contributed by atoms with Gasteiger partial charge < -0.3 is 14.2 Å². The van der Waals surface area contributed by atoms with Gasteiger partial charge in [-0.1, -0.05) is 45.5 Å². The van der Waals surface area contributed by atoms with Gasteiger partial charge in [-0.3, -0.25) is 9.36 Å². The van der Waals surface area contributed by atoms with Crippen molar-refractivity contribution in [2.24, 2.45) is 4.99 Å². The zero-order chi connectivity index (χ0) is 23.1. The van der Waals surface area contributed by atoms with Gasteiger partial charge in [0.15, 0.2) is 16.3 Å². The van der Waals surface area contributed by atoms with Crippen molar-refractivity contribution in [2.75, 3.05) is 13.4 Å². The van der Waals surface area contributed by atoms with Crippen LogP contribution >= 0.6 is 27.3 Å². The average molecular weight is 527 g/mol. The van der Waals surface area contributed by atoms with Crippen LogP contribution in [0.3, 0.4) is 0 Å². The second-order valence-corrected chi connectivity index (χ2v) is 9.39. The molecule has 0 amide bonds. The zero-order valence-corrected chi connectivity index (χ0v) is 20.2. The smallest absolute Gasteiger partial charge is 0.338 e. The van der Waals surface area contributed by atoms with Crippen LogP contribution in [0, 0.1) is 0 Å². The molecule has 0 aliphatic carbocycles. The molecular weight excluding hydrogens is 508 g/mol. The quantitative estimate of drug-likeness (QED) is 0.487. The molecule has 1 atom stereocenters. The van der Waals surface area contributed by atoms with Gasteiger partial charge in [0.05, 0.1) is 28.5 Å². The minimum absolute atomic E-state index is 0.133. The van der Waals surface area contributed by atoms with Crippen molar-refractivity contribution in [3.05, 3.63) is 89.0 Å².